The molecule has 134 valence electrons. The monoisotopic (exact) mass is 351 g/mol. The third-order valence-corrected chi connectivity index (χ3v) is 5.12. The van der Waals surface area contributed by atoms with Gasteiger partial charge in [0, 0.05) is 36.5 Å². The number of nitrogens with zero attached hydrogens (tertiary/aromatic N) is 2. The molecule has 0 spiro atoms. The lowest BCUT2D eigenvalue weighted by Gasteiger charge is -2.26. The van der Waals surface area contributed by atoms with Gasteiger partial charge in [-0.3, -0.25) is 14.6 Å². The van der Waals surface area contributed by atoms with Crippen LogP contribution in [0.15, 0.2) is 48.7 Å². The molecule has 2 aromatic rings. The van der Waals surface area contributed by atoms with Crippen molar-refractivity contribution >= 4 is 11.8 Å². The summed E-state index contributed by atoms with van der Waals surface area (Å²) in [6, 6.07) is 13.4. The molecular formula is C20H21N3O3. The Labute approximate surface area is 152 Å². The highest BCUT2D eigenvalue weighted by Crippen LogP contribution is 2.35. The fourth-order valence-electron chi connectivity index (χ4n) is 3.86. The van der Waals surface area contributed by atoms with Crippen LogP contribution in [0.25, 0.3) is 0 Å². The maximum Gasteiger partial charge on any atom is 0.254 e. The molecule has 6 heteroatoms. The number of aryl methyl sites for hydroxylation is 1. The number of hydrogen-bond donors (Lipinski definition) is 1. The van der Waals surface area contributed by atoms with Crippen LogP contribution in [0.3, 0.4) is 0 Å². The zero-order valence-corrected chi connectivity index (χ0v) is 14.6. The fourth-order valence-corrected chi connectivity index (χ4v) is 3.86. The van der Waals surface area contributed by atoms with Crippen molar-refractivity contribution in [2.45, 2.75) is 25.0 Å². The molecule has 1 aromatic carbocycles. The number of pyridine rings is 1. The molecule has 0 aliphatic carbocycles. The number of benzene rings is 1. The third-order valence-electron chi connectivity index (χ3n) is 5.12. The first-order chi connectivity index (χ1) is 12.6. The normalized spacial score (nSPS) is 25.3. The molecular weight excluding hydrogens is 330 g/mol. The van der Waals surface area contributed by atoms with Crippen molar-refractivity contribution in [1.29, 1.82) is 0 Å². The summed E-state index contributed by atoms with van der Waals surface area (Å²) in [4.78, 5) is 31.0. The van der Waals surface area contributed by atoms with Gasteiger partial charge in [-0.25, -0.2) is 0 Å². The van der Waals surface area contributed by atoms with Crippen LogP contribution in [0.4, 0.5) is 0 Å². The van der Waals surface area contributed by atoms with Crippen LogP contribution in [-0.2, 0) is 9.53 Å². The van der Waals surface area contributed by atoms with Gasteiger partial charge >= 0.3 is 0 Å². The van der Waals surface area contributed by atoms with E-state index in [4.69, 9.17) is 4.74 Å². The summed E-state index contributed by atoms with van der Waals surface area (Å²) in [5.74, 6) is -0.150. The Bertz CT molecular complexity index is 824. The molecule has 0 radical (unpaired) electrons. The average molecular weight is 351 g/mol. The number of likely N-dealkylation sites (tertiary alicyclic amines) is 1. The van der Waals surface area contributed by atoms with Gasteiger partial charge in [-0.1, -0.05) is 30.3 Å². The molecule has 2 aliphatic heterocycles. The highest BCUT2D eigenvalue weighted by molar-refractivity contribution is 5.95. The second-order valence-corrected chi connectivity index (χ2v) is 6.81. The minimum Gasteiger partial charge on any atom is -0.365 e. The molecule has 1 aromatic heterocycles. The summed E-state index contributed by atoms with van der Waals surface area (Å²) in [5, 5.41) is 2.87. The summed E-state index contributed by atoms with van der Waals surface area (Å²) in [6.45, 7) is 2.87. The standard InChI is InChI=1S/C20H21N3O3/c1-13-9-15(7-8-21-13)20(25)23-11-16(14-5-3-2-4-6-14)19-17(23)10-22-18(24)12-26-19/h2-9,16-17,19H,10-12H2,1H3,(H,22,24)/t16-,17-,19-/m1/s1. The quantitative estimate of drug-likeness (QED) is 0.890. The third kappa shape index (κ3) is 3.08. The van der Waals surface area contributed by atoms with Crippen LogP contribution in [0, 0.1) is 6.92 Å². The molecule has 4 rings (SSSR count). The molecule has 2 aliphatic rings. The number of nitrogens with one attached hydrogen (secondary N) is 1. The Morgan fingerprint density at radius 3 is 2.85 bits per heavy atom. The Hall–Kier alpha value is -2.73. The number of carbonyl (C=O) groups is 2. The van der Waals surface area contributed by atoms with Crippen molar-refractivity contribution in [3.8, 4) is 0 Å². The molecule has 3 heterocycles. The van der Waals surface area contributed by atoms with E-state index in [9.17, 15) is 9.59 Å². The molecule has 0 bridgehead atoms. The van der Waals surface area contributed by atoms with Gasteiger partial charge in [0.2, 0.25) is 5.91 Å². The molecule has 3 atom stereocenters. The molecule has 26 heavy (non-hydrogen) atoms. The molecule has 0 unspecified atom stereocenters. The van der Waals surface area contributed by atoms with Crippen LogP contribution in [-0.4, -0.2) is 53.5 Å². The molecule has 2 fully saturated rings. The highest BCUT2D eigenvalue weighted by atomic mass is 16.5. The van der Waals surface area contributed by atoms with Gasteiger partial charge in [0.1, 0.15) is 6.61 Å². The summed E-state index contributed by atoms with van der Waals surface area (Å²) < 4.78 is 5.93. The lowest BCUT2D eigenvalue weighted by atomic mass is 9.93. The van der Waals surface area contributed by atoms with Crippen LogP contribution >= 0.6 is 0 Å². The minimum atomic E-state index is -0.205. The number of aromatic nitrogens is 1. The van der Waals surface area contributed by atoms with E-state index >= 15 is 0 Å². The van der Waals surface area contributed by atoms with Gasteiger partial charge in [0.25, 0.3) is 5.91 Å². The maximum atomic E-state index is 13.2. The van der Waals surface area contributed by atoms with Crippen LogP contribution in [0.1, 0.15) is 27.5 Å². The Morgan fingerprint density at radius 1 is 1.27 bits per heavy atom. The van der Waals surface area contributed by atoms with Crippen LogP contribution in [0.5, 0.6) is 0 Å². The van der Waals surface area contributed by atoms with E-state index in [2.05, 4.69) is 22.4 Å². The number of amides is 2. The second kappa shape index (κ2) is 6.88. The Morgan fingerprint density at radius 2 is 2.08 bits per heavy atom. The minimum absolute atomic E-state index is 0.0287. The second-order valence-electron chi connectivity index (χ2n) is 6.81. The van der Waals surface area contributed by atoms with Crippen molar-refractivity contribution in [3.05, 3.63) is 65.5 Å². The number of fused-ring (bicyclic) bond motifs is 1. The first-order valence-electron chi connectivity index (χ1n) is 8.80. The van der Waals surface area contributed by atoms with Crippen molar-refractivity contribution in [2.75, 3.05) is 19.7 Å². The summed E-state index contributed by atoms with van der Waals surface area (Å²) in [7, 11) is 0. The van der Waals surface area contributed by atoms with Crippen molar-refractivity contribution < 1.29 is 14.3 Å². The largest absolute Gasteiger partial charge is 0.365 e. The van der Waals surface area contributed by atoms with Gasteiger partial charge in [0.15, 0.2) is 0 Å². The zero-order chi connectivity index (χ0) is 18.1. The van der Waals surface area contributed by atoms with Gasteiger partial charge < -0.3 is 15.0 Å². The van der Waals surface area contributed by atoms with E-state index in [-0.39, 0.29) is 36.5 Å². The van der Waals surface area contributed by atoms with Gasteiger partial charge in [0.05, 0.1) is 12.1 Å². The summed E-state index contributed by atoms with van der Waals surface area (Å²) in [6.07, 6.45) is 1.44. The van der Waals surface area contributed by atoms with Crippen LogP contribution in [0.2, 0.25) is 0 Å². The lowest BCUT2D eigenvalue weighted by molar-refractivity contribution is -0.125. The Balaban J connectivity index is 1.68. The highest BCUT2D eigenvalue weighted by Gasteiger charge is 2.46. The SMILES string of the molecule is Cc1cc(C(=O)N2C[C@H](c3ccccc3)[C@H]3OCC(=O)NC[C@H]32)ccn1. The summed E-state index contributed by atoms with van der Waals surface area (Å²) >= 11 is 0. The summed E-state index contributed by atoms with van der Waals surface area (Å²) in [5.41, 5.74) is 2.54. The first-order valence-corrected chi connectivity index (χ1v) is 8.80. The smallest absolute Gasteiger partial charge is 0.254 e. The number of ether oxygens (including phenoxy) is 1. The van der Waals surface area contributed by atoms with E-state index in [0.717, 1.165) is 11.3 Å². The van der Waals surface area contributed by atoms with Crippen LogP contribution < -0.4 is 5.32 Å². The first kappa shape index (κ1) is 16.7. The zero-order valence-electron chi connectivity index (χ0n) is 14.6. The van der Waals surface area contributed by atoms with Crippen molar-refractivity contribution in [3.63, 3.8) is 0 Å². The van der Waals surface area contributed by atoms with E-state index in [1.807, 2.05) is 30.0 Å². The maximum absolute atomic E-state index is 13.2. The van der Waals surface area contributed by atoms with Crippen molar-refractivity contribution in [1.82, 2.24) is 15.2 Å². The molecule has 0 saturated carbocycles. The number of rotatable bonds is 2. The molecule has 2 amide bonds. The molecule has 6 nitrogen and oxygen atoms in total. The van der Waals surface area contributed by atoms with Gasteiger partial charge in [-0.2, -0.15) is 0 Å². The van der Waals surface area contributed by atoms with Gasteiger partial charge in [-0.15, -0.1) is 0 Å². The topological polar surface area (TPSA) is 71.5 Å². The predicted octanol–water partition coefficient (Wildman–Crippen LogP) is 1.51. The van der Waals surface area contributed by atoms with E-state index in [0.29, 0.717) is 18.7 Å². The fraction of sp³-hybridized carbons (Fsp3) is 0.350. The lowest BCUT2D eigenvalue weighted by Crippen LogP contribution is -2.45. The van der Waals surface area contributed by atoms with E-state index < -0.39 is 0 Å². The molecule has 2 saturated heterocycles. The van der Waals surface area contributed by atoms with Gasteiger partial charge in [-0.05, 0) is 24.6 Å². The molecule has 1 N–H and O–H groups in total. The number of hydrogen-bond acceptors (Lipinski definition) is 4. The number of carbonyl (C=O) groups excluding carboxylic acids is 2. The van der Waals surface area contributed by atoms with E-state index in [1.54, 1.807) is 18.3 Å². The van der Waals surface area contributed by atoms with Crippen molar-refractivity contribution in [2.24, 2.45) is 0 Å². The average Bonchev–Trinajstić information content (AvgIpc) is 2.92. The Kier molecular flexibility index (Phi) is 4.42. The predicted molar refractivity (Wildman–Crippen MR) is 95.7 cm³/mol. The van der Waals surface area contributed by atoms with E-state index in [1.165, 1.54) is 0 Å².